The van der Waals surface area contributed by atoms with Crippen molar-refractivity contribution in [2.45, 2.75) is 51.0 Å². The van der Waals surface area contributed by atoms with Crippen molar-refractivity contribution in [3.63, 3.8) is 0 Å². The molecule has 0 aliphatic carbocycles. The summed E-state index contributed by atoms with van der Waals surface area (Å²) in [6.45, 7) is 9.32. The molecule has 2 bridgehead atoms. The van der Waals surface area contributed by atoms with Crippen LogP contribution in [-0.2, 0) is 12.5 Å². The highest BCUT2D eigenvalue weighted by Gasteiger charge is 2.42. The van der Waals surface area contributed by atoms with Gasteiger partial charge in [-0.05, 0) is 72.7 Å². The summed E-state index contributed by atoms with van der Waals surface area (Å²) in [6.07, 6.45) is 2.27. The molecule has 7 heteroatoms. The summed E-state index contributed by atoms with van der Waals surface area (Å²) in [6, 6.07) is 16.6. The molecule has 3 aromatic rings. The van der Waals surface area contributed by atoms with Gasteiger partial charge in [-0.25, -0.2) is 0 Å². The maximum atomic E-state index is 12.9. The van der Waals surface area contributed by atoms with Gasteiger partial charge >= 0.3 is 0 Å². The van der Waals surface area contributed by atoms with Crippen molar-refractivity contribution in [1.29, 1.82) is 0 Å². The second kappa shape index (κ2) is 10.4. The summed E-state index contributed by atoms with van der Waals surface area (Å²) in [5, 5.41) is 8.05. The molecule has 2 aromatic carbocycles. The number of ether oxygens (including phenoxy) is 2. The Balaban J connectivity index is 1.23. The van der Waals surface area contributed by atoms with E-state index in [4.69, 9.17) is 14.6 Å². The van der Waals surface area contributed by atoms with E-state index in [1.54, 1.807) is 14.2 Å². The summed E-state index contributed by atoms with van der Waals surface area (Å²) >= 11 is 0. The van der Waals surface area contributed by atoms with Crippen LogP contribution in [0.3, 0.4) is 0 Å². The molecule has 3 aliphatic rings. The van der Waals surface area contributed by atoms with E-state index in [2.05, 4.69) is 49.2 Å². The summed E-state index contributed by atoms with van der Waals surface area (Å²) in [7, 11) is 5.34. The number of benzene rings is 2. The van der Waals surface area contributed by atoms with E-state index in [-0.39, 0.29) is 11.3 Å². The van der Waals surface area contributed by atoms with Gasteiger partial charge < -0.3 is 14.8 Å². The highest BCUT2D eigenvalue weighted by Crippen LogP contribution is 2.42. The van der Waals surface area contributed by atoms with E-state index >= 15 is 0 Å². The number of carbonyl (C=O) groups excluding carboxylic acids is 1. The summed E-state index contributed by atoms with van der Waals surface area (Å²) < 4.78 is 12.9. The third-order valence-electron chi connectivity index (χ3n) is 8.37. The molecule has 0 saturated carbocycles. The van der Waals surface area contributed by atoms with Crippen LogP contribution in [0.1, 0.15) is 61.1 Å². The van der Waals surface area contributed by atoms with Crippen LogP contribution in [0.5, 0.6) is 11.5 Å². The topological polar surface area (TPSA) is 68.6 Å². The Morgan fingerprint density at radius 3 is 2.42 bits per heavy atom. The molecule has 3 saturated heterocycles. The second-order valence-electron chi connectivity index (χ2n) is 11.7. The van der Waals surface area contributed by atoms with Crippen LogP contribution in [0, 0.1) is 5.92 Å². The molecule has 1 amide bonds. The van der Waals surface area contributed by atoms with Gasteiger partial charge in [-0.1, -0.05) is 32.9 Å². The molecule has 0 radical (unpaired) electrons. The highest BCUT2D eigenvalue weighted by atomic mass is 16.5. The summed E-state index contributed by atoms with van der Waals surface area (Å²) in [5.74, 6) is 2.45. The lowest BCUT2D eigenvalue weighted by molar-refractivity contribution is 0.0280. The van der Waals surface area contributed by atoms with Crippen molar-refractivity contribution in [3.8, 4) is 22.8 Å². The van der Waals surface area contributed by atoms with Gasteiger partial charge in [0.2, 0.25) is 0 Å². The monoisotopic (exact) mass is 516 g/mol. The molecule has 3 aliphatic heterocycles. The predicted molar refractivity (Wildman–Crippen MR) is 150 cm³/mol. The number of hydrogen-bond acceptors (Lipinski definition) is 5. The second-order valence-corrected chi connectivity index (χ2v) is 11.7. The first-order valence-corrected chi connectivity index (χ1v) is 13.6. The number of aromatic nitrogens is 2. The first-order valence-electron chi connectivity index (χ1n) is 13.6. The molecule has 0 spiro atoms. The highest BCUT2D eigenvalue weighted by molar-refractivity contribution is 5.94. The van der Waals surface area contributed by atoms with Crippen LogP contribution < -0.4 is 14.8 Å². The molecule has 38 heavy (non-hydrogen) atoms. The van der Waals surface area contributed by atoms with Crippen LogP contribution in [0.25, 0.3) is 11.3 Å². The molecule has 1 aromatic heterocycles. The van der Waals surface area contributed by atoms with Gasteiger partial charge in [0, 0.05) is 48.9 Å². The number of fused-ring (bicyclic) bond motifs is 3. The average Bonchev–Trinajstić information content (AvgIpc) is 3.32. The van der Waals surface area contributed by atoms with Gasteiger partial charge in [0.25, 0.3) is 5.91 Å². The molecule has 4 atom stereocenters. The maximum absolute atomic E-state index is 12.9. The minimum absolute atomic E-state index is 0.0100. The zero-order valence-electron chi connectivity index (χ0n) is 23.5. The Bertz CT molecular complexity index is 1290. The van der Waals surface area contributed by atoms with Gasteiger partial charge in [-0.15, -0.1) is 0 Å². The zero-order chi connectivity index (χ0) is 27.0. The number of aryl methyl sites for hydroxylation is 1. The molecule has 3 fully saturated rings. The number of carbonyl (C=O) groups is 1. The SMILES string of the molecule is COc1ccc(-c2cc(C3CN4CCC3CC4CNC(=O)c3ccc(C(C)(C)C)cc3)n(C)n2)cc1OC. The zero-order valence-corrected chi connectivity index (χ0v) is 23.5. The first-order chi connectivity index (χ1) is 18.2. The lowest BCUT2D eigenvalue weighted by atomic mass is 9.74. The summed E-state index contributed by atoms with van der Waals surface area (Å²) in [4.78, 5) is 15.4. The Morgan fingerprint density at radius 2 is 1.79 bits per heavy atom. The molecule has 6 rings (SSSR count). The van der Waals surface area contributed by atoms with Gasteiger partial charge in [0.05, 0.1) is 19.9 Å². The van der Waals surface area contributed by atoms with Gasteiger partial charge in [-0.3, -0.25) is 14.4 Å². The van der Waals surface area contributed by atoms with Gasteiger partial charge in [0.15, 0.2) is 11.5 Å². The number of methoxy groups -OCH3 is 2. The molecule has 7 nitrogen and oxygen atoms in total. The van der Waals surface area contributed by atoms with Crippen molar-refractivity contribution < 1.29 is 14.3 Å². The van der Waals surface area contributed by atoms with E-state index < -0.39 is 0 Å². The smallest absolute Gasteiger partial charge is 0.251 e. The third-order valence-corrected chi connectivity index (χ3v) is 8.37. The van der Waals surface area contributed by atoms with Crippen molar-refractivity contribution >= 4 is 5.91 Å². The quantitative estimate of drug-likeness (QED) is 0.478. The summed E-state index contributed by atoms with van der Waals surface area (Å²) in [5.41, 5.74) is 5.27. The lowest BCUT2D eigenvalue weighted by Gasteiger charge is -2.50. The fraction of sp³-hybridized carbons (Fsp3) is 0.484. The minimum Gasteiger partial charge on any atom is -0.493 e. The molecule has 202 valence electrons. The van der Waals surface area contributed by atoms with E-state index in [0.29, 0.717) is 35.9 Å². The number of amides is 1. The Hall–Kier alpha value is -3.32. The van der Waals surface area contributed by atoms with Crippen LogP contribution >= 0.6 is 0 Å². The van der Waals surface area contributed by atoms with Crippen molar-refractivity contribution in [2.24, 2.45) is 13.0 Å². The van der Waals surface area contributed by atoms with E-state index in [9.17, 15) is 4.79 Å². The number of nitrogens with zero attached hydrogens (tertiary/aromatic N) is 3. The van der Waals surface area contributed by atoms with Crippen molar-refractivity contribution in [2.75, 3.05) is 33.9 Å². The average molecular weight is 517 g/mol. The van der Waals surface area contributed by atoms with E-state index in [1.807, 2.05) is 42.1 Å². The molecular formula is C31H40N4O3. The number of hydrogen-bond donors (Lipinski definition) is 1. The Labute approximate surface area is 226 Å². The van der Waals surface area contributed by atoms with Crippen LogP contribution in [0.2, 0.25) is 0 Å². The van der Waals surface area contributed by atoms with E-state index in [0.717, 1.165) is 36.3 Å². The van der Waals surface area contributed by atoms with Gasteiger partial charge in [0.1, 0.15) is 0 Å². The van der Waals surface area contributed by atoms with Gasteiger partial charge in [-0.2, -0.15) is 5.10 Å². The minimum atomic E-state index is 0.0100. The standard InChI is InChI=1S/C31H40N4O3/c1-31(2,3)23-10-7-20(8-11-23)30(36)32-18-24-15-21-13-14-35(24)19-25(21)27-17-26(33-34(27)4)22-9-12-28(37-5)29(16-22)38-6/h7-12,16-17,21,24-25H,13-15,18-19H2,1-6H3,(H,32,36). The van der Waals surface area contributed by atoms with Crippen LogP contribution in [0.4, 0.5) is 0 Å². The normalized spacial score (nSPS) is 22.8. The fourth-order valence-corrected chi connectivity index (χ4v) is 6.09. The number of rotatable bonds is 7. The van der Waals surface area contributed by atoms with Crippen molar-refractivity contribution in [1.82, 2.24) is 20.0 Å². The predicted octanol–water partition coefficient (Wildman–Crippen LogP) is 5.01. The van der Waals surface area contributed by atoms with E-state index in [1.165, 1.54) is 17.7 Å². The fourth-order valence-electron chi connectivity index (χ4n) is 6.09. The Morgan fingerprint density at radius 1 is 1.05 bits per heavy atom. The third kappa shape index (κ3) is 5.17. The Kier molecular flexibility index (Phi) is 7.23. The van der Waals surface area contributed by atoms with Crippen molar-refractivity contribution in [3.05, 3.63) is 65.4 Å². The molecular weight excluding hydrogens is 476 g/mol. The van der Waals surface area contributed by atoms with Crippen LogP contribution in [0.15, 0.2) is 48.5 Å². The molecule has 4 heterocycles. The maximum Gasteiger partial charge on any atom is 0.251 e. The van der Waals surface area contributed by atoms with Crippen LogP contribution in [-0.4, -0.2) is 60.5 Å². The lowest BCUT2D eigenvalue weighted by Crippen LogP contribution is -2.56. The number of piperidine rings is 3. The largest absolute Gasteiger partial charge is 0.493 e. The molecule has 4 unspecified atom stereocenters. The first kappa shape index (κ1) is 26.3. The molecule has 1 N–H and O–H groups in total. The number of nitrogens with one attached hydrogen (secondary N) is 1.